The molecule has 0 saturated carbocycles. The number of morpholine rings is 1. The van der Waals surface area contributed by atoms with Crippen LogP contribution in [0.5, 0.6) is 5.75 Å². The van der Waals surface area contributed by atoms with Gasteiger partial charge in [-0.05, 0) is 36.4 Å². The number of hydrogen-bond donors (Lipinski definition) is 1. The molecular formula is C22H23N3O6S. The smallest absolute Gasteiger partial charge is 0.251 e. The summed E-state index contributed by atoms with van der Waals surface area (Å²) in [5, 5.41) is 6.75. The van der Waals surface area contributed by atoms with Crippen LogP contribution in [0.15, 0.2) is 64.0 Å². The average Bonchev–Trinajstić information content (AvgIpc) is 3.32. The molecule has 168 valence electrons. The number of nitrogens with zero attached hydrogens (tertiary/aromatic N) is 2. The van der Waals surface area contributed by atoms with Crippen molar-refractivity contribution in [2.45, 2.75) is 11.4 Å². The van der Waals surface area contributed by atoms with Gasteiger partial charge in [0.15, 0.2) is 5.76 Å². The summed E-state index contributed by atoms with van der Waals surface area (Å²) in [7, 11) is -2.01. The van der Waals surface area contributed by atoms with E-state index in [4.69, 9.17) is 14.0 Å². The molecule has 2 heterocycles. The maximum Gasteiger partial charge on any atom is 0.251 e. The number of nitrogens with one attached hydrogen (secondary N) is 1. The minimum absolute atomic E-state index is 0.149. The van der Waals surface area contributed by atoms with Crippen LogP contribution >= 0.6 is 0 Å². The van der Waals surface area contributed by atoms with Crippen LogP contribution < -0.4 is 10.1 Å². The Bertz CT molecular complexity index is 1180. The Morgan fingerprint density at radius 1 is 1.12 bits per heavy atom. The van der Waals surface area contributed by atoms with Crippen molar-refractivity contribution in [3.63, 3.8) is 0 Å². The Labute approximate surface area is 186 Å². The molecule has 4 rings (SSSR count). The summed E-state index contributed by atoms with van der Waals surface area (Å²) < 4.78 is 42.5. The predicted octanol–water partition coefficient (Wildman–Crippen LogP) is 2.30. The topological polar surface area (TPSA) is 111 Å². The van der Waals surface area contributed by atoms with Gasteiger partial charge in [-0.1, -0.05) is 17.3 Å². The molecular weight excluding hydrogens is 434 g/mol. The lowest BCUT2D eigenvalue weighted by Crippen LogP contribution is -2.40. The fraction of sp³-hybridized carbons (Fsp3) is 0.273. The van der Waals surface area contributed by atoms with Crippen LogP contribution in [0, 0.1) is 0 Å². The molecule has 10 heteroatoms. The van der Waals surface area contributed by atoms with Crippen molar-refractivity contribution in [1.82, 2.24) is 14.8 Å². The molecule has 0 spiro atoms. The fourth-order valence-corrected chi connectivity index (χ4v) is 4.70. The third-order valence-corrected chi connectivity index (χ3v) is 6.98. The van der Waals surface area contributed by atoms with E-state index in [0.717, 1.165) is 5.56 Å². The van der Waals surface area contributed by atoms with Crippen LogP contribution in [-0.4, -0.2) is 57.2 Å². The highest BCUT2D eigenvalue weighted by atomic mass is 32.2. The first-order chi connectivity index (χ1) is 15.5. The molecule has 0 radical (unpaired) electrons. The molecule has 1 saturated heterocycles. The number of sulfonamides is 1. The summed E-state index contributed by atoms with van der Waals surface area (Å²) in [5.41, 5.74) is 1.72. The molecule has 1 N–H and O–H groups in total. The number of methoxy groups -OCH3 is 1. The molecule has 1 aromatic heterocycles. The molecule has 3 aromatic rings. The van der Waals surface area contributed by atoms with E-state index in [1.807, 2.05) is 24.3 Å². The van der Waals surface area contributed by atoms with E-state index in [1.165, 1.54) is 28.6 Å². The van der Waals surface area contributed by atoms with Gasteiger partial charge in [0, 0.05) is 30.3 Å². The van der Waals surface area contributed by atoms with Gasteiger partial charge in [0.1, 0.15) is 11.4 Å². The minimum atomic E-state index is -3.60. The average molecular weight is 458 g/mol. The zero-order valence-corrected chi connectivity index (χ0v) is 18.3. The number of rotatable bonds is 7. The fourth-order valence-electron chi connectivity index (χ4n) is 3.29. The van der Waals surface area contributed by atoms with Crippen molar-refractivity contribution in [1.29, 1.82) is 0 Å². The largest absolute Gasteiger partial charge is 0.497 e. The van der Waals surface area contributed by atoms with E-state index in [-0.39, 0.29) is 17.3 Å². The van der Waals surface area contributed by atoms with Crippen LogP contribution in [0.25, 0.3) is 11.3 Å². The summed E-state index contributed by atoms with van der Waals surface area (Å²) in [5.74, 6) is 0.921. The monoisotopic (exact) mass is 457 g/mol. The first kappa shape index (κ1) is 22.0. The zero-order chi connectivity index (χ0) is 22.6. The highest BCUT2D eigenvalue weighted by molar-refractivity contribution is 7.89. The Kier molecular flexibility index (Phi) is 6.54. The Hall–Kier alpha value is -3.21. The maximum atomic E-state index is 12.7. The summed E-state index contributed by atoms with van der Waals surface area (Å²) in [6.07, 6.45) is 0. The standard InChI is InChI=1S/C22H23N3O6S/c1-29-19-4-2-3-17(13-19)21-14-18(24-31-21)15-23-22(26)16-5-7-20(8-6-16)32(27,28)25-9-11-30-12-10-25/h2-8,13-14H,9-12,15H2,1H3,(H,23,26). The summed E-state index contributed by atoms with van der Waals surface area (Å²) in [6.45, 7) is 1.56. The molecule has 0 atom stereocenters. The van der Waals surface area contributed by atoms with Crippen molar-refractivity contribution in [2.75, 3.05) is 33.4 Å². The maximum absolute atomic E-state index is 12.7. The van der Waals surface area contributed by atoms with Crippen LogP contribution in [0.1, 0.15) is 16.1 Å². The molecule has 1 aliphatic heterocycles. The third kappa shape index (κ3) is 4.82. The SMILES string of the molecule is COc1cccc(-c2cc(CNC(=O)c3ccc(S(=O)(=O)N4CCOCC4)cc3)no2)c1. The van der Waals surface area contributed by atoms with E-state index in [0.29, 0.717) is 49.1 Å². The number of hydrogen-bond acceptors (Lipinski definition) is 7. The summed E-state index contributed by atoms with van der Waals surface area (Å²) in [6, 6.07) is 15.0. The lowest BCUT2D eigenvalue weighted by Gasteiger charge is -2.26. The van der Waals surface area contributed by atoms with Crippen LogP contribution in [-0.2, 0) is 21.3 Å². The van der Waals surface area contributed by atoms with Gasteiger partial charge in [-0.25, -0.2) is 8.42 Å². The third-order valence-electron chi connectivity index (χ3n) is 5.07. The number of ether oxygens (including phenoxy) is 2. The Balaban J connectivity index is 1.38. The van der Waals surface area contributed by atoms with Crippen LogP contribution in [0.3, 0.4) is 0 Å². The summed E-state index contributed by atoms with van der Waals surface area (Å²) in [4.78, 5) is 12.6. The highest BCUT2D eigenvalue weighted by Crippen LogP contribution is 2.24. The molecule has 1 fully saturated rings. The molecule has 0 bridgehead atoms. The van der Waals surface area contributed by atoms with E-state index < -0.39 is 10.0 Å². The van der Waals surface area contributed by atoms with Gasteiger partial charge in [0.2, 0.25) is 10.0 Å². The normalized spacial score (nSPS) is 14.8. The van der Waals surface area contributed by atoms with E-state index in [2.05, 4.69) is 10.5 Å². The predicted molar refractivity (Wildman–Crippen MR) is 116 cm³/mol. The number of carbonyl (C=O) groups excluding carboxylic acids is 1. The molecule has 1 aliphatic rings. The second kappa shape index (κ2) is 9.51. The lowest BCUT2D eigenvalue weighted by molar-refractivity contribution is 0.0730. The van der Waals surface area contributed by atoms with Gasteiger partial charge >= 0.3 is 0 Å². The molecule has 0 aliphatic carbocycles. The summed E-state index contributed by atoms with van der Waals surface area (Å²) >= 11 is 0. The van der Waals surface area contributed by atoms with Crippen molar-refractivity contribution < 1.29 is 27.2 Å². The quantitative estimate of drug-likeness (QED) is 0.579. The number of benzene rings is 2. The van der Waals surface area contributed by atoms with Gasteiger partial charge in [-0.2, -0.15) is 4.31 Å². The molecule has 0 unspecified atom stereocenters. The Morgan fingerprint density at radius 2 is 1.88 bits per heavy atom. The highest BCUT2D eigenvalue weighted by Gasteiger charge is 2.26. The zero-order valence-electron chi connectivity index (χ0n) is 17.5. The van der Waals surface area contributed by atoms with Crippen LogP contribution in [0.2, 0.25) is 0 Å². The van der Waals surface area contributed by atoms with Crippen molar-refractivity contribution in [2.24, 2.45) is 0 Å². The minimum Gasteiger partial charge on any atom is -0.497 e. The van der Waals surface area contributed by atoms with Crippen molar-refractivity contribution >= 4 is 15.9 Å². The van der Waals surface area contributed by atoms with Gasteiger partial charge < -0.3 is 19.3 Å². The second-order valence-corrected chi connectivity index (χ2v) is 9.08. The number of amides is 1. The van der Waals surface area contributed by atoms with Crippen LogP contribution in [0.4, 0.5) is 0 Å². The van der Waals surface area contributed by atoms with Gasteiger partial charge in [-0.15, -0.1) is 0 Å². The first-order valence-electron chi connectivity index (χ1n) is 10.0. The van der Waals surface area contributed by atoms with E-state index in [9.17, 15) is 13.2 Å². The second-order valence-electron chi connectivity index (χ2n) is 7.14. The van der Waals surface area contributed by atoms with E-state index >= 15 is 0 Å². The molecule has 1 amide bonds. The Morgan fingerprint density at radius 3 is 2.59 bits per heavy atom. The molecule has 2 aromatic carbocycles. The van der Waals surface area contributed by atoms with Crippen molar-refractivity contribution in [3.05, 3.63) is 65.9 Å². The number of aromatic nitrogens is 1. The first-order valence-corrected chi connectivity index (χ1v) is 11.5. The van der Waals surface area contributed by atoms with Gasteiger partial charge in [0.25, 0.3) is 5.91 Å². The number of carbonyl (C=O) groups is 1. The van der Waals surface area contributed by atoms with Gasteiger partial charge in [0.05, 0.1) is 31.8 Å². The molecule has 9 nitrogen and oxygen atoms in total. The molecule has 32 heavy (non-hydrogen) atoms. The van der Waals surface area contributed by atoms with E-state index in [1.54, 1.807) is 13.2 Å². The van der Waals surface area contributed by atoms with Gasteiger partial charge in [-0.3, -0.25) is 4.79 Å². The lowest BCUT2D eigenvalue weighted by atomic mass is 10.1. The van der Waals surface area contributed by atoms with Crippen molar-refractivity contribution in [3.8, 4) is 17.1 Å².